The van der Waals surface area contributed by atoms with Gasteiger partial charge in [-0.25, -0.2) is 4.79 Å². The third-order valence-corrected chi connectivity index (χ3v) is 1.29. The number of rotatable bonds is 6. The van der Waals surface area contributed by atoms with Gasteiger partial charge < -0.3 is 15.2 Å². The van der Waals surface area contributed by atoms with Gasteiger partial charge in [0, 0.05) is 25.1 Å². The second-order valence-corrected chi connectivity index (χ2v) is 2.32. The molecule has 12 heavy (non-hydrogen) atoms. The van der Waals surface area contributed by atoms with Crippen LogP contribution in [0.25, 0.3) is 0 Å². The topological polar surface area (TPSA) is 58.6 Å². The van der Waals surface area contributed by atoms with Crippen molar-refractivity contribution in [1.29, 1.82) is 0 Å². The SMILES string of the molecule is C=C(CCO)C(=O)OCCNC. The van der Waals surface area contributed by atoms with E-state index >= 15 is 0 Å². The van der Waals surface area contributed by atoms with E-state index in [0.29, 0.717) is 18.7 Å². The first-order chi connectivity index (χ1) is 5.72. The zero-order chi connectivity index (χ0) is 9.40. The smallest absolute Gasteiger partial charge is 0.333 e. The molecule has 0 aliphatic rings. The molecule has 0 saturated carbocycles. The molecule has 70 valence electrons. The van der Waals surface area contributed by atoms with Crippen molar-refractivity contribution < 1.29 is 14.6 Å². The lowest BCUT2D eigenvalue weighted by Crippen LogP contribution is -2.18. The van der Waals surface area contributed by atoms with Gasteiger partial charge in [0.15, 0.2) is 0 Å². The highest BCUT2D eigenvalue weighted by molar-refractivity contribution is 5.87. The molecule has 2 N–H and O–H groups in total. The number of nitrogens with one attached hydrogen (secondary N) is 1. The third-order valence-electron chi connectivity index (χ3n) is 1.29. The summed E-state index contributed by atoms with van der Waals surface area (Å²) in [6.45, 7) is 4.35. The summed E-state index contributed by atoms with van der Waals surface area (Å²) < 4.78 is 4.78. The number of aliphatic hydroxyl groups is 1. The van der Waals surface area contributed by atoms with Crippen LogP contribution in [0.5, 0.6) is 0 Å². The van der Waals surface area contributed by atoms with Crippen LogP contribution in [-0.2, 0) is 9.53 Å². The van der Waals surface area contributed by atoms with Crippen molar-refractivity contribution >= 4 is 5.97 Å². The fraction of sp³-hybridized carbons (Fsp3) is 0.625. The molecule has 0 bridgehead atoms. The molecular formula is C8H15NO3. The Kier molecular flexibility index (Phi) is 6.32. The van der Waals surface area contributed by atoms with Crippen LogP contribution in [0.4, 0.5) is 0 Å². The number of carbonyl (C=O) groups is 1. The maximum atomic E-state index is 10.9. The molecule has 4 nitrogen and oxygen atoms in total. The lowest BCUT2D eigenvalue weighted by atomic mass is 10.2. The Balaban J connectivity index is 3.50. The molecule has 4 heteroatoms. The number of ether oxygens (including phenoxy) is 1. The minimum absolute atomic E-state index is 0.0695. The van der Waals surface area contributed by atoms with Crippen LogP contribution in [-0.4, -0.2) is 37.9 Å². The highest BCUT2D eigenvalue weighted by atomic mass is 16.5. The highest BCUT2D eigenvalue weighted by Gasteiger charge is 2.06. The van der Waals surface area contributed by atoms with Gasteiger partial charge >= 0.3 is 5.97 Å². The van der Waals surface area contributed by atoms with Crippen LogP contribution in [0, 0.1) is 0 Å². The van der Waals surface area contributed by atoms with Crippen molar-refractivity contribution in [3.63, 3.8) is 0 Å². The Morgan fingerprint density at radius 2 is 2.33 bits per heavy atom. The van der Waals surface area contributed by atoms with Crippen LogP contribution in [0.1, 0.15) is 6.42 Å². The average molecular weight is 173 g/mol. The molecule has 0 spiro atoms. The maximum Gasteiger partial charge on any atom is 0.333 e. The normalized spacial score (nSPS) is 9.50. The molecule has 0 radical (unpaired) electrons. The Labute approximate surface area is 72.2 Å². The minimum Gasteiger partial charge on any atom is -0.461 e. The summed E-state index contributed by atoms with van der Waals surface area (Å²) >= 11 is 0. The maximum absolute atomic E-state index is 10.9. The molecule has 0 rings (SSSR count). The second kappa shape index (κ2) is 6.82. The van der Waals surface area contributed by atoms with Gasteiger partial charge in [-0.1, -0.05) is 6.58 Å². The van der Waals surface area contributed by atoms with Gasteiger partial charge in [0.25, 0.3) is 0 Å². The second-order valence-electron chi connectivity index (χ2n) is 2.32. The average Bonchev–Trinajstić information content (AvgIpc) is 2.05. The molecular weight excluding hydrogens is 158 g/mol. The van der Waals surface area contributed by atoms with E-state index in [1.54, 1.807) is 7.05 Å². The van der Waals surface area contributed by atoms with E-state index in [4.69, 9.17) is 9.84 Å². The zero-order valence-corrected chi connectivity index (χ0v) is 7.30. The van der Waals surface area contributed by atoms with Gasteiger partial charge in [0.2, 0.25) is 0 Å². The van der Waals surface area contributed by atoms with Crippen LogP contribution in [0.2, 0.25) is 0 Å². The van der Waals surface area contributed by atoms with Gasteiger partial charge in [-0.15, -0.1) is 0 Å². The van der Waals surface area contributed by atoms with Gasteiger partial charge in [-0.05, 0) is 7.05 Å². The van der Waals surface area contributed by atoms with Crippen molar-refractivity contribution in [2.24, 2.45) is 0 Å². The molecule has 0 aromatic rings. The van der Waals surface area contributed by atoms with E-state index in [2.05, 4.69) is 11.9 Å². The summed E-state index contributed by atoms with van der Waals surface area (Å²) in [6, 6.07) is 0. The van der Waals surface area contributed by atoms with E-state index in [0.717, 1.165) is 0 Å². The lowest BCUT2D eigenvalue weighted by Gasteiger charge is -2.04. The first-order valence-corrected chi connectivity index (χ1v) is 3.82. The van der Waals surface area contributed by atoms with Gasteiger partial charge in [0.1, 0.15) is 6.61 Å². The fourth-order valence-corrected chi connectivity index (χ4v) is 0.585. The number of aliphatic hydroxyl groups excluding tert-OH is 1. The Morgan fingerprint density at radius 1 is 1.67 bits per heavy atom. The number of esters is 1. The predicted molar refractivity (Wildman–Crippen MR) is 45.7 cm³/mol. The van der Waals surface area contributed by atoms with E-state index in [9.17, 15) is 4.79 Å². The molecule has 0 fully saturated rings. The van der Waals surface area contributed by atoms with Crippen LogP contribution >= 0.6 is 0 Å². The molecule has 0 amide bonds. The summed E-state index contributed by atoms with van der Waals surface area (Å²) in [5, 5.41) is 11.3. The molecule has 0 aliphatic carbocycles. The Morgan fingerprint density at radius 3 is 2.83 bits per heavy atom. The van der Waals surface area contributed by atoms with Gasteiger partial charge in [0.05, 0.1) is 0 Å². The van der Waals surface area contributed by atoms with Crippen molar-refractivity contribution in [2.45, 2.75) is 6.42 Å². The first-order valence-electron chi connectivity index (χ1n) is 3.82. The fourth-order valence-electron chi connectivity index (χ4n) is 0.585. The molecule has 0 aromatic heterocycles. The molecule has 0 atom stereocenters. The summed E-state index contributed by atoms with van der Waals surface area (Å²) in [6.07, 6.45) is 0.276. The highest BCUT2D eigenvalue weighted by Crippen LogP contribution is 1.98. The Bertz CT molecular complexity index is 156. The number of likely N-dealkylation sites (N-methyl/N-ethyl adjacent to an activating group) is 1. The van der Waals surface area contributed by atoms with Crippen LogP contribution in [0.15, 0.2) is 12.2 Å². The quantitative estimate of drug-likeness (QED) is 0.328. The minimum atomic E-state index is -0.431. The molecule has 0 aromatic carbocycles. The van der Waals surface area contributed by atoms with E-state index in [1.165, 1.54) is 0 Å². The van der Waals surface area contributed by atoms with Crippen LogP contribution < -0.4 is 5.32 Å². The summed E-state index contributed by atoms with van der Waals surface area (Å²) in [7, 11) is 1.77. The first kappa shape index (κ1) is 11.1. The lowest BCUT2D eigenvalue weighted by molar-refractivity contribution is -0.139. The molecule has 0 saturated heterocycles. The van der Waals surface area contributed by atoms with Gasteiger partial charge in [-0.3, -0.25) is 0 Å². The Hall–Kier alpha value is -0.870. The summed E-state index contributed by atoms with van der Waals surface area (Å²) in [4.78, 5) is 10.9. The van der Waals surface area contributed by atoms with E-state index < -0.39 is 5.97 Å². The largest absolute Gasteiger partial charge is 0.461 e. The van der Waals surface area contributed by atoms with Crippen molar-refractivity contribution in [3.05, 3.63) is 12.2 Å². The molecule has 0 aliphatic heterocycles. The standard InChI is InChI=1S/C8H15NO3/c1-7(3-5-10)8(11)12-6-4-9-2/h9-10H,1,3-6H2,2H3. The molecule has 0 unspecified atom stereocenters. The van der Waals surface area contributed by atoms with Gasteiger partial charge in [-0.2, -0.15) is 0 Å². The van der Waals surface area contributed by atoms with Crippen LogP contribution in [0.3, 0.4) is 0 Å². The summed E-state index contributed by atoms with van der Waals surface area (Å²) in [5.74, 6) is -0.431. The third kappa shape index (κ3) is 4.87. The number of hydrogen-bond donors (Lipinski definition) is 2. The number of carbonyl (C=O) groups excluding carboxylic acids is 1. The van der Waals surface area contributed by atoms with Crippen molar-refractivity contribution in [3.8, 4) is 0 Å². The van der Waals surface area contributed by atoms with E-state index in [1.807, 2.05) is 0 Å². The number of hydrogen-bond acceptors (Lipinski definition) is 4. The van der Waals surface area contributed by atoms with Crippen molar-refractivity contribution in [2.75, 3.05) is 26.8 Å². The van der Waals surface area contributed by atoms with Crippen molar-refractivity contribution in [1.82, 2.24) is 5.32 Å². The predicted octanol–water partition coefficient (Wildman–Crippen LogP) is -0.312. The molecule has 0 heterocycles. The van der Waals surface area contributed by atoms with E-state index in [-0.39, 0.29) is 13.0 Å². The monoisotopic (exact) mass is 173 g/mol. The summed E-state index contributed by atoms with van der Waals surface area (Å²) in [5.41, 5.74) is 0.314. The zero-order valence-electron chi connectivity index (χ0n) is 7.30.